The van der Waals surface area contributed by atoms with Gasteiger partial charge in [-0.1, -0.05) is 17.7 Å². The molecular weight excluding hydrogens is 378 g/mol. The molecule has 1 aromatic heterocycles. The lowest BCUT2D eigenvalue weighted by molar-refractivity contribution is 0.102. The van der Waals surface area contributed by atoms with Crippen molar-refractivity contribution in [3.63, 3.8) is 0 Å². The molecule has 0 saturated carbocycles. The number of rotatable bonds is 6. The molecule has 0 aliphatic heterocycles. The maximum Gasteiger partial charge on any atom is 0.274 e. The number of halogens is 1. The summed E-state index contributed by atoms with van der Waals surface area (Å²) < 4.78 is 10.5. The second-order valence-corrected chi connectivity index (χ2v) is 6.39. The minimum atomic E-state index is -0.363. The van der Waals surface area contributed by atoms with Crippen molar-refractivity contribution in [2.24, 2.45) is 0 Å². The number of ether oxygens (including phenoxy) is 2. The van der Waals surface area contributed by atoms with E-state index in [1.54, 1.807) is 43.6 Å². The largest absolute Gasteiger partial charge is 0.497 e. The third kappa shape index (κ3) is 4.35. The molecule has 0 aliphatic carbocycles. The van der Waals surface area contributed by atoms with Gasteiger partial charge in [-0.2, -0.15) is 0 Å². The van der Waals surface area contributed by atoms with Crippen molar-refractivity contribution in [1.29, 1.82) is 0 Å². The number of pyridine rings is 1. The van der Waals surface area contributed by atoms with Crippen LogP contribution in [0.25, 0.3) is 0 Å². The van der Waals surface area contributed by atoms with Crippen molar-refractivity contribution in [3.05, 3.63) is 71.0 Å². The van der Waals surface area contributed by atoms with Crippen LogP contribution >= 0.6 is 11.6 Å². The molecule has 0 bridgehead atoms. The Morgan fingerprint density at radius 1 is 1.04 bits per heavy atom. The first-order valence-electron chi connectivity index (χ1n) is 8.53. The molecule has 2 aromatic carbocycles. The van der Waals surface area contributed by atoms with Crippen molar-refractivity contribution in [3.8, 4) is 11.5 Å². The number of nitrogens with zero attached hydrogens (tertiary/aromatic N) is 1. The van der Waals surface area contributed by atoms with E-state index in [0.717, 1.165) is 16.9 Å². The van der Waals surface area contributed by atoms with Gasteiger partial charge in [-0.05, 0) is 48.9 Å². The Balaban J connectivity index is 1.82. The van der Waals surface area contributed by atoms with Gasteiger partial charge >= 0.3 is 0 Å². The highest BCUT2D eigenvalue weighted by Gasteiger charge is 2.13. The van der Waals surface area contributed by atoms with Crippen LogP contribution in [0.15, 0.2) is 54.7 Å². The fourth-order valence-electron chi connectivity index (χ4n) is 2.63. The van der Waals surface area contributed by atoms with Crippen LogP contribution in [0.4, 0.5) is 17.1 Å². The molecule has 3 rings (SSSR count). The molecule has 0 aliphatic rings. The van der Waals surface area contributed by atoms with Crippen LogP contribution in [0, 0.1) is 6.92 Å². The smallest absolute Gasteiger partial charge is 0.274 e. The molecule has 144 valence electrons. The number of hydrogen-bond donors (Lipinski definition) is 2. The zero-order valence-electron chi connectivity index (χ0n) is 15.7. The van der Waals surface area contributed by atoms with Crippen LogP contribution in [0.2, 0.25) is 5.02 Å². The molecule has 2 N–H and O–H groups in total. The monoisotopic (exact) mass is 397 g/mol. The Morgan fingerprint density at radius 3 is 2.61 bits per heavy atom. The lowest BCUT2D eigenvalue weighted by atomic mass is 10.2. The zero-order chi connectivity index (χ0) is 20.1. The van der Waals surface area contributed by atoms with Gasteiger partial charge in [-0.25, -0.2) is 0 Å². The Bertz CT molecular complexity index is 1010. The molecule has 1 amide bonds. The quantitative estimate of drug-likeness (QED) is 0.608. The maximum absolute atomic E-state index is 12.7. The number of methoxy groups -OCH3 is 2. The highest BCUT2D eigenvalue weighted by Crippen LogP contribution is 2.30. The molecule has 3 aromatic rings. The van der Waals surface area contributed by atoms with E-state index in [1.165, 1.54) is 7.11 Å². The molecular formula is C21H20ClN3O3. The summed E-state index contributed by atoms with van der Waals surface area (Å²) in [6, 6.07) is 14.2. The first-order valence-corrected chi connectivity index (χ1v) is 8.91. The normalized spacial score (nSPS) is 10.3. The number of carbonyl (C=O) groups is 1. The summed E-state index contributed by atoms with van der Waals surface area (Å²) in [6.07, 6.45) is 1.57. The number of benzene rings is 2. The van der Waals surface area contributed by atoms with E-state index >= 15 is 0 Å². The fourth-order valence-corrected chi connectivity index (χ4v) is 2.80. The average molecular weight is 398 g/mol. The first kappa shape index (κ1) is 19.5. The van der Waals surface area contributed by atoms with Crippen molar-refractivity contribution < 1.29 is 14.3 Å². The van der Waals surface area contributed by atoms with Gasteiger partial charge in [0, 0.05) is 28.7 Å². The highest BCUT2D eigenvalue weighted by molar-refractivity contribution is 6.31. The van der Waals surface area contributed by atoms with E-state index < -0.39 is 0 Å². The molecule has 0 atom stereocenters. The van der Waals surface area contributed by atoms with Gasteiger partial charge in [-0.15, -0.1) is 0 Å². The van der Waals surface area contributed by atoms with Gasteiger partial charge in [-0.3, -0.25) is 9.78 Å². The Hall–Kier alpha value is -3.25. The van der Waals surface area contributed by atoms with Crippen LogP contribution in [0.3, 0.4) is 0 Å². The molecule has 7 heteroatoms. The number of nitrogens with one attached hydrogen (secondary N) is 2. The van der Waals surface area contributed by atoms with Gasteiger partial charge < -0.3 is 20.1 Å². The number of amides is 1. The van der Waals surface area contributed by atoms with E-state index in [-0.39, 0.29) is 11.6 Å². The third-order valence-electron chi connectivity index (χ3n) is 4.19. The maximum atomic E-state index is 12.7. The minimum absolute atomic E-state index is 0.259. The summed E-state index contributed by atoms with van der Waals surface area (Å²) in [5, 5.41) is 6.74. The molecule has 0 unspecified atom stereocenters. The Morgan fingerprint density at radius 2 is 1.86 bits per heavy atom. The van der Waals surface area contributed by atoms with E-state index in [9.17, 15) is 4.79 Å². The summed E-state index contributed by atoms with van der Waals surface area (Å²) in [5.74, 6) is 0.770. The van der Waals surface area contributed by atoms with Crippen LogP contribution < -0.4 is 20.1 Å². The van der Waals surface area contributed by atoms with E-state index in [2.05, 4.69) is 15.6 Å². The van der Waals surface area contributed by atoms with Crippen LogP contribution in [-0.4, -0.2) is 25.1 Å². The highest BCUT2D eigenvalue weighted by atomic mass is 35.5. The number of anilines is 3. The summed E-state index contributed by atoms with van der Waals surface area (Å²) in [7, 11) is 3.09. The first-order chi connectivity index (χ1) is 13.5. The summed E-state index contributed by atoms with van der Waals surface area (Å²) in [4.78, 5) is 16.9. The standard InChI is InChI=1S/C21H20ClN3O3/c1-13-16(22)5-4-6-17(13)24-14-9-10-23-19(11-14)21(26)25-18-12-15(27-2)7-8-20(18)28-3/h4-12H,1-3H3,(H,23,24)(H,25,26). The molecule has 1 heterocycles. The molecule has 6 nitrogen and oxygen atoms in total. The molecule has 0 spiro atoms. The summed E-state index contributed by atoms with van der Waals surface area (Å²) >= 11 is 6.17. The number of aromatic nitrogens is 1. The van der Waals surface area contributed by atoms with E-state index in [1.807, 2.05) is 25.1 Å². The summed E-state index contributed by atoms with van der Waals surface area (Å²) in [5.41, 5.74) is 3.27. The number of carbonyl (C=O) groups excluding carboxylic acids is 1. The Kier molecular flexibility index (Phi) is 6.01. The zero-order valence-corrected chi connectivity index (χ0v) is 16.5. The van der Waals surface area contributed by atoms with Gasteiger partial charge in [0.15, 0.2) is 0 Å². The molecule has 0 fully saturated rings. The van der Waals surface area contributed by atoms with Crippen molar-refractivity contribution >= 4 is 34.6 Å². The van der Waals surface area contributed by atoms with Gasteiger partial charge in [0.1, 0.15) is 17.2 Å². The van der Waals surface area contributed by atoms with Gasteiger partial charge in [0.2, 0.25) is 0 Å². The molecule has 28 heavy (non-hydrogen) atoms. The lowest BCUT2D eigenvalue weighted by Gasteiger charge is -2.13. The summed E-state index contributed by atoms with van der Waals surface area (Å²) in [6.45, 7) is 1.93. The van der Waals surface area contributed by atoms with Gasteiger partial charge in [0.05, 0.1) is 19.9 Å². The minimum Gasteiger partial charge on any atom is -0.497 e. The second-order valence-electron chi connectivity index (χ2n) is 5.99. The molecule has 0 radical (unpaired) electrons. The average Bonchev–Trinajstić information content (AvgIpc) is 2.71. The molecule has 0 saturated heterocycles. The van der Waals surface area contributed by atoms with Crippen LogP contribution in [-0.2, 0) is 0 Å². The fraction of sp³-hybridized carbons (Fsp3) is 0.143. The van der Waals surface area contributed by atoms with E-state index in [0.29, 0.717) is 22.2 Å². The van der Waals surface area contributed by atoms with Crippen molar-refractivity contribution in [2.75, 3.05) is 24.9 Å². The van der Waals surface area contributed by atoms with Crippen LogP contribution in [0.1, 0.15) is 16.1 Å². The predicted molar refractivity (Wildman–Crippen MR) is 111 cm³/mol. The lowest BCUT2D eigenvalue weighted by Crippen LogP contribution is -2.14. The van der Waals surface area contributed by atoms with Gasteiger partial charge in [0.25, 0.3) is 5.91 Å². The van der Waals surface area contributed by atoms with Crippen LogP contribution in [0.5, 0.6) is 11.5 Å². The SMILES string of the molecule is COc1ccc(OC)c(NC(=O)c2cc(Nc3cccc(Cl)c3C)ccn2)c1. The van der Waals surface area contributed by atoms with Crippen molar-refractivity contribution in [2.45, 2.75) is 6.92 Å². The third-order valence-corrected chi connectivity index (χ3v) is 4.60. The van der Waals surface area contributed by atoms with E-state index in [4.69, 9.17) is 21.1 Å². The topological polar surface area (TPSA) is 72.5 Å². The Labute approximate surface area is 168 Å². The predicted octanol–water partition coefficient (Wildman–Crippen LogP) is 5.06. The second kappa shape index (κ2) is 8.63. The number of hydrogen-bond acceptors (Lipinski definition) is 5. The van der Waals surface area contributed by atoms with Crippen molar-refractivity contribution in [1.82, 2.24) is 4.98 Å².